The van der Waals surface area contributed by atoms with Crippen LogP contribution in [0.25, 0.3) is 0 Å². The van der Waals surface area contributed by atoms with Gasteiger partial charge in [0.15, 0.2) is 10.9 Å². The Morgan fingerprint density at radius 2 is 2.05 bits per heavy atom. The van der Waals surface area contributed by atoms with Crippen LogP contribution in [-0.2, 0) is 13.2 Å². The van der Waals surface area contributed by atoms with Crippen LogP contribution in [0.5, 0.6) is 5.75 Å². The molecule has 0 aliphatic carbocycles. The fourth-order valence-electron chi connectivity index (χ4n) is 1.96. The third kappa shape index (κ3) is 3.30. The predicted octanol–water partition coefficient (Wildman–Crippen LogP) is 2.26. The van der Waals surface area contributed by atoms with E-state index in [0.29, 0.717) is 11.7 Å². The van der Waals surface area contributed by atoms with Gasteiger partial charge in [0.2, 0.25) is 5.75 Å². The van der Waals surface area contributed by atoms with Crippen molar-refractivity contribution in [2.75, 3.05) is 6.26 Å². The van der Waals surface area contributed by atoms with E-state index in [1.807, 2.05) is 30.3 Å². The lowest BCUT2D eigenvalue weighted by Crippen LogP contribution is -2.27. The van der Waals surface area contributed by atoms with E-state index in [-0.39, 0.29) is 18.1 Å². The number of carboxylic acids is 1. The molecule has 1 aromatic heterocycles. The summed E-state index contributed by atoms with van der Waals surface area (Å²) in [5.41, 5.74) is 0.0143. The molecule has 0 aliphatic rings. The highest BCUT2D eigenvalue weighted by molar-refractivity contribution is 7.98. The maximum Gasteiger partial charge on any atom is 0.358 e. The smallest absolute Gasteiger partial charge is 0.358 e. The Morgan fingerprint density at radius 1 is 1.36 bits per heavy atom. The molecule has 0 unspecified atom stereocenters. The molecule has 7 heteroatoms. The maximum atomic E-state index is 12.4. The zero-order valence-corrected chi connectivity index (χ0v) is 13.1. The number of aromatic carboxylic acids is 1. The van der Waals surface area contributed by atoms with E-state index in [0.717, 1.165) is 5.56 Å². The highest BCUT2D eigenvalue weighted by Gasteiger charge is 2.22. The summed E-state index contributed by atoms with van der Waals surface area (Å²) < 4.78 is 6.87. The fraction of sp³-hybridized carbons (Fsp3) is 0.267. The van der Waals surface area contributed by atoms with Gasteiger partial charge in [-0.15, -0.1) is 0 Å². The van der Waals surface area contributed by atoms with E-state index in [1.165, 1.54) is 16.3 Å². The first kappa shape index (κ1) is 16.1. The molecule has 22 heavy (non-hydrogen) atoms. The van der Waals surface area contributed by atoms with E-state index >= 15 is 0 Å². The SMILES string of the molecule is CCn1c(SC)nc(C(=O)O)c(OCc2ccccc2)c1=O. The van der Waals surface area contributed by atoms with Gasteiger partial charge in [0.1, 0.15) is 6.61 Å². The van der Waals surface area contributed by atoms with Gasteiger partial charge in [0.05, 0.1) is 0 Å². The molecule has 0 spiro atoms. The van der Waals surface area contributed by atoms with Crippen molar-refractivity contribution in [3.05, 3.63) is 51.9 Å². The first-order chi connectivity index (χ1) is 10.6. The Morgan fingerprint density at radius 3 is 2.59 bits per heavy atom. The molecule has 0 atom stereocenters. The molecule has 2 aromatic rings. The number of carboxylic acid groups (broad SMARTS) is 1. The number of hydrogen-bond acceptors (Lipinski definition) is 5. The van der Waals surface area contributed by atoms with Crippen molar-refractivity contribution in [3.63, 3.8) is 0 Å². The van der Waals surface area contributed by atoms with Gasteiger partial charge in [0.25, 0.3) is 5.56 Å². The lowest BCUT2D eigenvalue weighted by Gasteiger charge is -2.13. The number of nitrogens with zero attached hydrogens (tertiary/aromatic N) is 2. The van der Waals surface area contributed by atoms with Gasteiger partial charge in [-0.1, -0.05) is 42.1 Å². The normalized spacial score (nSPS) is 10.5. The van der Waals surface area contributed by atoms with E-state index in [1.54, 1.807) is 13.2 Å². The van der Waals surface area contributed by atoms with Crippen LogP contribution in [0.15, 0.2) is 40.3 Å². The molecule has 2 rings (SSSR count). The summed E-state index contributed by atoms with van der Waals surface area (Å²) in [5, 5.41) is 9.63. The second kappa shape index (κ2) is 7.13. The minimum absolute atomic E-state index is 0.111. The Bertz CT molecular complexity index is 728. The van der Waals surface area contributed by atoms with Gasteiger partial charge in [0, 0.05) is 6.54 Å². The zero-order valence-electron chi connectivity index (χ0n) is 12.3. The van der Waals surface area contributed by atoms with Crippen LogP contribution in [0.4, 0.5) is 0 Å². The van der Waals surface area contributed by atoms with Gasteiger partial charge in [-0.25, -0.2) is 9.78 Å². The standard InChI is InChI=1S/C15H16N2O4S/c1-3-17-13(18)12(11(14(19)20)16-15(17)22-2)21-9-10-7-5-4-6-8-10/h4-8H,3,9H2,1-2H3,(H,19,20). The quantitative estimate of drug-likeness (QED) is 0.649. The van der Waals surface area contributed by atoms with Crippen molar-refractivity contribution < 1.29 is 14.6 Å². The van der Waals surface area contributed by atoms with Crippen molar-refractivity contribution in [3.8, 4) is 5.75 Å². The largest absolute Gasteiger partial charge is 0.481 e. The molecule has 0 fully saturated rings. The third-order valence-electron chi connectivity index (χ3n) is 3.02. The lowest BCUT2D eigenvalue weighted by atomic mass is 10.2. The molecule has 6 nitrogen and oxygen atoms in total. The molecule has 0 aliphatic heterocycles. The minimum Gasteiger partial charge on any atom is -0.481 e. The number of benzene rings is 1. The number of carbonyl (C=O) groups is 1. The van der Waals surface area contributed by atoms with Crippen molar-refractivity contribution in [2.24, 2.45) is 0 Å². The Labute approximate surface area is 131 Å². The first-order valence-electron chi connectivity index (χ1n) is 6.67. The van der Waals surface area contributed by atoms with Crippen LogP contribution in [0.2, 0.25) is 0 Å². The summed E-state index contributed by atoms with van der Waals surface area (Å²) in [6, 6.07) is 9.22. The Kier molecular flexibility index (Phi) is 5.21. The van der Waals surface area contributed by atoms with Gasteiger partial charge < -0.3 is 9.84 Å². The van der Waals surface area contributed by atoms with Crippen LogP contribution in [-0.4, -0.2) is 26.9 Å². The third-order valence-corrected chi connectivity index (χ3v) is 3.70. The molecule has 1 aromatic carbocycles. The van der Waals surface area contributed by atoms with Crippen molar-refractivity contribution in [1.82, 2.24) is 9.55 Å². The number of thioether (sulfide) groups is 1. The average Bonchev–Trinajstić information content (AvgIpc) is 2.53. The summed E-state index contributed by atoms with van der Waals surface area (Å²) >= 11 is 1.22. The van der Waals surface area contributed by atoms with Crippen LogP contribution in [0, 0.1) is 0 Å². The van der Waals surface area contributed by atoms with Crippen LogP contribution >= 0.6 is 11.8 Å². The average molecular weight is 320 g/mol. The lowest BCUT2D eigenvalue weighted by molar-refractivity contribution is 0.0682. The topological polar surface area (TPSA) is 81.4 Å². The molecule has 116 valence electrons. The zero-order chi connectivity index (χ0) is 16.1. The first-order valence-corrected chi connectivity index (χ1v) is 7.89. The molecular weight excluding hydrogens is 304 g/mol. The van der Waals surface area contributed by atoms with Crippen molar-refractivity contribution in [1.29, 1.82) is 0 Å². The highest BCUT2D eigenvalue weighted by Crippen LogP contribution is 2.18. The minimum atomic E-state index is -1.28. The van der Waals surface area contributed by atoms with Gasteiger partial charge >= 0.3 is 5.97 Å². The molecule has 0 saturated carbocycles. The van der Waals surface area contributed by atoms with E-state index < -0.39 is 11.5 Å². The van der Waals surface area contributed by atoms with Crippen LogP contribution in [0.3, 0.4) is 0 Å². The highest BCUT2D eigenvalue weighted by atomic mass is 32.2. The molecular formula is C15H16N2O4S. The molecule has 0 radical (unpaired) electrons. The van der Waals surface area contributed by atoms with E-state index in [4.69, 9.17) is 4.74 Å². The molecule has 0 saturated heterocycles. The van der Waals surface area contributed by atoms with E-state index in [9.17, 15) is 14.7 Å². The maximum absolute atomic E-state index is 12.4. The number of rotatable bonds is 6. The van der Waals surface area contributed by atoms with Crippen molar-refractivity contribution in [2.45, 2.75) is 25.2 Å². The summed E-state index contributed by atoms with van der Waals surface area (Å²) in [4.78, 5) is 27.8. The van der Waals surface area contributed by atoms with Gasteiger partial charge in [-0.3, -0.25) is 9.36 Å². The summed E-state index contributed by atoms with van der Waals surface area (Å²) in [5.74, 6) is -1.50. The number of ether oxygens (including phenoxy) is 1. The Hall–Kier alpha value is -2.28. The van der Waals surface area contributed by atoms with Gasteiger partial charge in [-0.05, 0) is 18.7 Å². The molecule has 1 N–H and O–H groups in total. The van der Waals surface area contributed by atoms with Crippen molar-refractivity contribution >= 4 is 17.7 Å². The molecule has 0 amide bonds. The Balaban J connectivity index is 2.44. The fourth-order valence-corrected chi connectivity index (χ4v) is 2.57. The molecule has 0 bridgehead atoms. The summed E-state index contributed by atoms with van der Waals surface area (Å²) in [7, 11) is 0. The summed E-state index contributed by atoms with van der Waals surface area (Å²) in [6.45, 7) is 2.30. The number of aromatic nitrogens is 2. The van der Waals surface area contributed by atoms with E-state index in [2.05, 4.69) is 4.98 Å². The second-order valence-electron chi connectivity index (χ2n) is 4.41. The summed E-state index contributed by atoms with van der Waals surface area (Å²) in [6.07, 6.45) is 1.74. The molecule has 1 heterocycles. The number of hydrogen-bond donors (Lipinski definition) is 1. The van der Waals surface area contributed by atoms with Crippen LogP contribution in [0.1, 0.15) is 23.0 Å². The monoisotopic (exact) mass is 320 g/mol. The van der Waals surface area contributed by atoms with Crippen LogP contribution < -0.4 is 10.3 Å². The predicted molar refractivity (Wildman–Crippen MR) is 83.7 cm³/mol. The van der Waals surface area contributed by atoms with Gasteiger partial charge in [-0.2, -0.15) is 0 Å². The second-order valence-corrected chi connectivity index (χ2v) is 5.18.